The minimum absolute atomic E-state index is 0.198. The molecule has 40 heavy (non-hydrogen) atoms. The molecule has 1 saturated heterocycles. The zero-order valence-electron chi connectivity index (χ0n) is 21.7. The topological polar surface area (TPSA) is 106 Å². The van der Waals surface area contributed by atoms with E-state index in [2.05, 4.69) is 22.9 Å². The van der Waals surface area contributed by atoms with E-state index in [0.717, 1.165) is 18.2 Å². The Kier molecular flexibility index (Phi) is 7.93. The molecule has 0 radical (unpaired) electrons. The van der Waals surface area contributed by atoms with Gasteiger partial charge in [0.1, 0.15) is 22.6 Å². The van der Waals surface area contributed by atoms with Crippen molar-refractivity contribution in [3.63, 3.8) is 0 Å². The van der Waals surface area contributed by atoms with Crippen LogP contribution in [0.5, 0.6) is 0 Å². The number of nitrogens with zero attached hydrogens (tertiary/aromatic N) is 4. The molecular formula is C27H27ClF3N5O3S. The van der Waals surface area contributed by atoms with Gasteiger partial charge in [0.05, 0.1) is 21.8 Å². The van der Waals surface area contributed by atoms with E-state index in [-0.39, 0.29) is 18.1 Å². The fraction of sp³-hybridized carbons (Fsp3) is 0.370. The van der Waals surface area contributed by atoms with Crippen molar-refractivity contribution >= 4 is 33.0 Å². The van der Waals surface area contributed by atoms with Gasteiger partial charge in [0.2, 0.25) is 5.91 Å². The lowest BCUT2D eigenvalue weighted by atomic mass is 10.1. The molecule has 1 aromatic carbocycles. The van der Waals surface area contributed by atoms with Crippen molar-refractivity contribution in [1.82, 2.24) is 15.2 Å². The third kappa shape index (κ3) is 5.95. The van der Waals surface area contributed by atoms with Crippen LogP contribution in [0, 0.1) is 11.3 Å². The molecule has 1 aliphatic heterocycles. The zero-order chi connectivity index (χ0) is 29.5. The molecule has 1 unspecified atom stereocenters. The summed E-state index contributed by atoms with van der Waals surface area (Å²) in [4.78, 5) is 19.9. The third-order valence-electron chi connectivity index (χ3n) is 6.94. The van der Waals surface area contributed by atoms with Crippen molar-refractivity contribution in [2.24, 2.45) is 0 Å². The summed E-state index contributed by atoms with van der Waals surface area (Å²) in [6, 6.07) is 8.21. The summed E-state index contributed by atoms with van der Waals surface area (Å²) >= 11 is 6.08. The number of aromatic nitrogens is 1. The quantitative estimate of drug-likeness (QED) is 0.349. The maximum atomic E-state index is 13.8. The van der Waals surface area contributed by atoms with Gasteiger partial charge in [0.25, 0.3) is 0 Å². The first-order chi connectivity index (χ1) is 18.7. The predicted molar refractivity (Wildman–Crippen MR) is 144 cm³/mol. The highest BCUT2D eigenvalue weighted by molar-refractivity contribution is 7.92. The first-order valence-electron chi connectivity index (χ1n) is 12.3. The van der Waals surface area contributed by atoms with Crippen LogP contribution >= 0.6 is 11.6 Å². The number of carbonyl (C=O) groups excluding carboxylic acids is 1. The van der Waals surface area contributed by atoms with Gasteiger partial charge in [-0.15, -0.1) is 0 Å². The number of sulfone groups is 1. The average molecular weight is 594 g/mol. The number of hydrogen-bond acceptors (Lipinski definition) is 7. The number of alkyl halides is 3. The lowest BCUT2D eigenvalue weighted by Gasteiger charge is -2.35. The lowest BCUT2D eigenvalue weighted by molar-refractivity contribution is -0.139. The van der Waals surface area contributed by atoms with Crippen molar-refractivity contribution in [2.45, 2.75) is 54.1 Å². The summed E-state index contributed by atoms with van der Waals surface area (Å²) in [6.45, 7) is 5.34. The lowest BCUT2D eigenvalue weighted by Crippen LogP contribution is -2.49. The number of pyridine rings is 1. The second kappa shape index (κ2) is 10.8. The SMILES string of the molecule is C=C(C)/C=C(\N(C)c1ccnc(Cl)c1)N1CC(S(=O)(=O)c2ccccc2C(F)(F)F)C[C@H]1C(=O)NC1(C#N)CC1. The van der Waals surface area contributed by atoms with Crippen LogP contribution in [-0.2, 0) is 20.8 Å². The molecule has 2 aliphatic rings. The molecule has 13 heteroatoms. The molecule has 4 rings (SSSR count). The molecular weight excluding hydrogens is 567 g/mol. The second-order valence-electron chi connectivity index (χ2n) is 9.99. The largest absolute Gasteiger partial charge is 0.417 e. The Balaban J connectivity index is 1.79. The number of allylic oxidation sites excluding steroid dienone is 2. The number of anilines is 1. The Morgan fingerprint density at radius 3 is 2.58 bits per heavy atom. The monoisotopic (exact) mass is 593 g/mol. The fourth-order valence-electron chi connectivity index (χ4n) is 4.69. The van der Waals surface area contributed by atoms with Crippen LogP contribution in [0.3, 0.4) is 0 Å². The number of rotatable bonds is 8. The van der Waals surface area contributed by atoms with Gasteiger partial charge in [-0.1, -0.05) is 35.9 Å². The van der Waals surface area contributed by atoms with Crippen molar-refractivity contribution in [3.8, 4) is 6.07 Å². The first-order valence-corrected chi connectivity index (χ1v) is 14.2. The number of benzene rings is 1. The molecule has 2 fully saturated rings. The van der Waals surface area contributed by atoms with Crippen LogP contribution in [0.15, 0.2) is 71.5 Å². The zero-order valence-corrected chi connectivity index (χ0v) is 23.3. The summed E-state index contributed by atoms with van der Waals surface area (Å²) in [6.07, 6.45) is -1.16. The Morgan fingerprint density at radius 1 is 1.32 bits per heavy atom. The van der Waals surface area contributed by atoms with Gasteiger partial charge in [-0.3, -0.25) is 4.79 Å². The Morgan fingerprint density at radius 2 is 2.00 bits per heavy atom. The summed E-state index contributed by atoms with van der Waals surface area (Å²) in [7, 11) is -2.88. The van der Waals surface area contributed by atoms with Gasteiger partial charge in [-0.05, 0) is 56.5 Å². The Labute approximate surface area is 235 Å². The average Bonchev–Trinajstić information content (AvgIpc) is 3.51. The molecule has 1 saturated carbocycles. The standard InChI is InChI=1S/C27H27ClF3N5O3S/c1-17(2)12-24(35(3)18-8-11-33-23(28)13-18)36-15-19(14-21(36)25(37)34-26(16-32)9-10-26)40(38,39)22-7-5-4-6-20(22)27(29,30)31/h4-8,11-13,19,21H,1,9-10,14-15H2,2-3H3,(H,34,37)/b24-12+/t19?,21-/m0/s1. The Hall–Kier alpha value is -3.56. The number of amides is 1. The number of halogens is 4. The maximum Gasteiger partial charge on any atom is 0.417 e. The van der Waals surface area contributed by atoms with E-state index < -0.39 is 49.2 Å². The van der Waals surface area contributed by atoms with Gasteiger partial charge < -0.3 is 15.1 Å². The fourth-order valence-corrected chi connectivity index (χ4v) is 6.77. The Bertz CT molecular complexity index is 1520. The van der Waals surface area contributed by atoms with Crippen LogP contribution < -0.4 is 10.2 Å². The van der Waals surface area contributed by atoms with E-state index in [0.29, 0.717) is 29.9 Å². The highest BCUT2D eigenvalue weighted by atomic mass is 35.5. The minimum atomic E-state index is -4.89. The summed E-state index contributed by atoms with van der Waals surface area (Å²) in [5.74, 6) is -0.215. The predicted octanol–water partition coefficient (Wildman–Crippen LogP) is 4.70. The van der Waals surface area contributed by atoms with E-state index in [1.54, 1.807) is 37.1 Å². The van der Waals surface area contributed by atoms with E-state index in [1.807, 2.05) is 0 Å². The van der Waals surface area contributed by atoms with Crippen molar-refractivity contribution < 1.29 is 26.4 Å². The first kappa shape index (κ1) is 29.4. The molecule has 0 bridgehead atoms. The summed E-state index contributed by atoms with van der Waals surface area (Å²) < 4.78 is 68.7. The van der Waals surface area contributed by atoms with E-state index >= 15 is 0 Å². The highest BCUT2D eigenvalue weighted by Crippen LogP contribution is 2.40. The van der Waals surface area contributed by atoms with Crippen molar-refractivity contribution in [1.29, 1.82) is 5.26 Å². The molecule has 2 atom stereocenters. The van der Waals surface area contributed by atoms with Crippen molar-refractivity contribution in [3.05, 3.63) is 77.4 Å². The van der Waals surface area contributed by atoms with Crippen molar-refractivity contribution in [2.75, 3.05) is 18.5 Å². The molecule has 0 spiro atoms. The molecule has 212 valence electrons. The van der Waals surface area contributed by atoms with Gasteiger partial charge in [-0.2, -0.15) is 18.4 Å². The molecule has 2 heterocycles. The molecule has 1 amide bonds. The van der Waals surface area contributed by atoms with Gasteiger partial charge >= 0.3 is 6.18 Å². The van der Waals surface area contributed by atoms with Gasteiger partial charge in [0.15, 0.2) is 9.84 Å². The number of carbonyl (C=O) groups is 1. The number of nitrogens with one attached hydrogen (secondary N) is 1. The third-order valence-corrected chi connectivity index (χ3v) is 9.34. The highest BCUT2D eigenvalue weighted by Gasteiger charge is 2.51. The van der Waals surface area contributed by atoms with Crippen LogP contribution in [0.1, 0.15) is 31.7 Å². The van der Waals surface area contributed by atoms with Gasteiger partial charge in [-0.25, -0.2) is 13.4 Å². The summed E-state index contributed by atoms with van der Waals surface area (Å²) in [5, 5.41) is 11.1. The van der Waals surface area contributed by atoms with E-state index in [9.17, 15) is 31.6 Å². The number of likely N-dealkylation sites (tertiary alicyclic amines) is 1. The molecule has 8 nitrogen and oxygen atoms in total. The minimum Gasteiger partial charge on any atom is -0.345 e. The molecule has 1 N–H and O–H groups in total. The smallest absolute Gasteiger partial charge is 0.345 e. The molecule has 2 aromatic rings. The van der Waals surface area contributed by atoms with Crippen LogP contribution in [-0.4, -0.2) is 54.6 Å². The second-order valence-corrected chi connectivity index (χ2v) is 12.6. The maximum absolute atomic E-state index is 13.8. The van der Waals surface area contributed by atoms with Crippen LogP contribution in [0.2, 0.25) is 5.15 Å². The molecule has 1 aliphatic carbocycles. The van der Waals surface area contributed by atoms with Crippen LogP contribution in [0.4, 0.5) is 18.9 Å². The number of hydrogen-bond donors (Lipinski definition) is 1. The normalized spacial score (nSPS) is 20.5. The van der Waals surface area contributed by atoms with E-state index in [1.165, 1.54) is 17.2 Å². The van der Waals surface area contributed by atoms with E-state index in [4.69, 9.17) is 11.6 Å². The van der Waals surface area contributed by atoms with Gasteiger partial charge in [0, 0.05) is 25.5 Å². The molecule has 1 aromatic heterocycles. The summed E-state index contributed by atoms with van der Waals surface area (Å²) in [5.41, 5.74) is -1.16. The number of nitriles is 1. The van der Waals surface area contributed by atoms with Crippen LogP contribution in [0.25, 0.3) is 0 Å².